The lowest BCUT2D eigenvalue weighted by atomic mass is 9.83. The van der Waals surface area contributed by atoms with Crippen LogP contribution in [0, 0.1) is 10.1 Å². The molecule has 1 unspecified atom stereocenters. The van der Waals surface area contributed by atoms with Crippen LogP contribution in [0.1, 0.15) is 61.3 Å². The Morgan fingerprint density at radius 2 is 0.737 bits per heavy atom. The Balaban J connectivity index is 0.000000147. The van der Waals surface area contributed by atoms with Crippen molar-refractivity contribution < 1.29 is 19.9 Å². The van der Waals surface area contributed by atoms with Crippen LogP contribution in [0.2, 0.25) is 30.1 Å². The number of carbonyl (C=O) groups excluding carboxylic acids is 1. The average molecular weight is 1660 g/mol. The molecule has 10 aromatic heterocycles. The summed E-state index contributed by atoms with van der Waals surface area (Å²) in [6.07, 6.45) is 16.4. The molecule has 30 heteroatoms. The van der Waals surface area contributed by atoms with Gasteiger partial charge in [0.05, 0.1) is 112 Å². The standard InChI is InChI=1S/C26H21Cl2N5O.2C26H20Cl2N4O2.C6H4N2O3.H2S/c1-32-15-30-14-24(32)26(29,17-6-8-18(27)9-7-17)23-11-21-20(16-4-3-5-19(28)10-16)12-25(34)33(2)22(21)13-31-23;2*1-31-15-29-14-24(31)26(34,17-6-8-18(27)9-7-17)23-11-21-20(16-4-3-5-19(28)10-16)12-25(33)32(2)22(21)13-30-23;9-4-5-1-2-6(3-7-5)8(10)11;/h3-15H,29H2,1-2H3;2*3-15,34H,1-2H3;1-4H;1H2/t2*26-;;;/m11.../s1. The molecule has 0 fully saturated rings. The zero-order chi connectivity index (χ0) is 80.4. The van der Waals surface area contributed by atoms with Gasteiger partial charge in [0, 0.05) is 113 Å². The highest BCUT2D eigenvalue weighted by Gasteiger charge is 2.41. The van der Waals surface area contributed by atoms with Gasteiger partial charge >= 0.3 is 0 Å². The lowest BCUT2D eigenvalue weighted by Crippen LogP contribution is -2.41. The third kappa shape index (κ3) is 16.1. The van der Waals surface area contributed by atoms with Gasteiger partial charge in [-0.2, -0.15) is 13.5 Å². The summed E-state index contributed by atoms with van der Waals surface area (Å²) in [4.78, 5) is 87.9. The van der Waals surface area contributed by atoms with Crippen LogP contribution in [-0.4, -0.2) is 83.7 Å². The van der Waals surface area contributed by atoms with Gasteiger partial charge in [0.2, 0.25) is 0 Å². The largest absolute Gasteiger partial charge is 0.373 e. The molecular formula is C84H67Cl6N15O8S. The Kier molecular flexibility index (Phi) is 24.3. The number of halogens is 6. The summed E-state index contributed by atoms with van der Waals surface area (Å²) < 4.78 is 10.0. The van der Waals surface area contributed by atoms with Crippen molar-refractivity contribution in [1.82, 2.24) is 62.3 Å². The van der Waals surface area contributed by atoms with Gasteiger partial charge in [-0.1, -0.05) is 142 Å². The Morgan fingerprint density at radius 1 is 0.404 bits per heavy atom. The molecule has 3 atom stereocenters. The number of fused-ring (bicyclic) bond motifs is 3. The highest BCUT2D eigenvalue weighted by atomic mass is 35.5. The van der Waals surface area contributed by atoms with E-state index < -0.39 is 21.7 Å². The quantitative estimate of drug-likeness (QED) is 0.0518. The number of aryl methyl sites for hydroxylation is 6. The molecule has 0 aliphatic heterocycles. The van der Waals surface area contributed by atoms with E-state index in [2.05, 4.69) is 29.9 Å². The maximum atomic E-state index is 12.7. The number of carbonyl (C=O) groups is 1. The molecule has 23 nitrogen and oxygen atoms in total. The normalized spacial score (nSPS) is 12.7. The molecule has 0 radical (unpaired) electrons. The molecule has 6 aromatic carbocycles. The second-order valence-electron chi connectivity index (χ2n) is 26.4. The summed E-state index contributed by atoms with van der Waals surface area (Å²) in [5, 5.41) is 40.3. The van der Waals surface area contributed by atoms with Crippen LogP contribution < -0.4 is 22.4 Å². The van der Waals surface area contributed by atoms with Crippen LogP contribution in [0.4, 0.5) is 5.69 Å². The molecule has 16 rings (SSSR count). The van der Waals surface area contributed by atoms with Crippen molar-refractivity contribution in [3.8, 4) is 33.4 Å². The van der Waals surface area contributed by atoms with Gasteiger partial charge in [-0.15, -0.1) is 0 Å². The number of hydrogen-bond acceptors (Lipinski definition) is 16. The smallest absolute Gasteiger partial charge is 0.287 e. The summed E-state index contributed by atoms with van der Waals surface area (Å²) in [7, 11) is 10.6. The summed E-state index contributed by atoms with van der Waals surface area (Å²) in [6, 6.07) is 56.2. The zero-order valence-electron chi connectivity index (χ0n) is 61.3. The fourth-order valence-electron chi connectivity index (χ4n) is 13.4. The van der Waals surface area contributed by atoms with Gasteiger partial charge in [-0.05, 0) is 147 Å². The number of imidazole rings is 3. The number of rotatable bonds is 14. The van der Waals surface area contributed by atoms with Crippen molar-refractivity contribution >= 4 is 128 Å². The van der Waals surface area contributed by atoms with Crippen LogP contribution in [0.3, 0.4) is 0 Å². The first kappa shape index (κ1) is 81.7. The lowest BCUT2D eigenvalue weighted by Gasteiger charge is -2.30. The second kappa shape index (κ2) is 33.9. The number of benzene rings is 6. The first-order valence-electron chi connectivity index (χ1n) is 34.4. The molecule has 0 bridgehead atoms. The minimum absolute atomic E-state index is 0. The van der Waals surface area contributed by atoms with E-state index in [1.165, 1.54) is 21.3 Å². The molecule has 0 saturated heterocycles. The van der Waals surface area contributed by atoms with Gasteiger partial charge in [0.15, 0.2) is 17.5 Å². The molecule has 16 aromatic rings. The maximum Gasteiger partial charge on any atom is 0.287 e. The Hall–Kier alpha value is -11.8. The minimum Gasteiger partial charge on any atom is -0.373 e. The van der Waals surface area contributed by atoms with E-state index >= 15 is 0 Å². The molecule has 0 aliphatic carbocycles. The van der Waals surface area contributed by atoms with Crippen LogP contribution in [0.5, 0.6) is 0 Å². The lowest BCUT2D eigenvalue weighted by molar-refractivity contribution is -0.385. The number of aldehydes is 1. The van der Waals surface area contributed by atoms with Gasteiger partial charge < -0.3 is 43.3 Å². The van der Waals surface area contributed by atoms with Gasteiger partial charge in [-0.3, -0.25) is 44.2 Å². The van der Waals surface area contributed by atoms with Crippen molar-refractivity contribution in [2.75, 3.05) is 0 Å². The van der Waals surface area contributed by atoms with Crippen LogP contribution >= 0.6 is 83.1 Å². The SMILES string of the molecule is Cn1cncc1C(O)(c1ccc(Cl)cc1)c1cc2c(-c3cccc(Cl)c3)cc(=O)n(C)c2cn1.Cn1cncc1[C@@](N)(c1ccc(Cl)cc1)c1cc2c(-c3cccc(Cl)c3)cc(=O)n(C)c2cn1.Cn1cncc1[C@@](O)(c1ccc(Cl)cc1)c1cc2c(-c3cccc(Cl)c3)cc(=O)n(C)c2cn1.O=Cc1ccc([N+](=O)[O-])cn1.S. The summed E-state index contributed by atoms with van der Waals surface area (Å²) >= 11 is 37.1. The van der Waals surface area contributed by atoms with Gasteiger partial charge in [-0.25, -0.2) is 19.9 Å². The molecule has 4 N–H and O–H groups in total. The molecule has 0 spiro atoms. The second-order valence-corrected chi connectivity index (χ2v) is 29.0. The highest BCUT2D eigenvalue weighted by molar-refractivity contribution is 7.59. The van der Waals surface area contributed by atoms with Crippen molar-refractivity contribution in [1.29, 1.82) is 0 Å². The average Bonchev–Trinajstić information content (AvgIpc) is 1.06. The van der Waals surface area contributed by atoms with Crippen molar-refractivity contribution in [3.63, 3.8) is 0 Å². The number of hydrogen-bond donors (Lipinski definition) is 3. The van der Waals surface area contributed by atoms with E-state index in [1.54, 1.807) is 188 Å². The van der Waals surface area contributed by atoms with Crippen LogP contribution in [-0.2, 0) is 59.0 Å². The Bertz CT molecular complexity index is 5950. The number of aromatic nitrogens is 13. The molecule has 0 amide bonds. The summed E-state index contributed by atoms with van der Waals surface area (Å²) in [5.74, 6) is 0. The van der Waals surface area contributed by atoms with E-state index in [1.807, 2.05) is 111 Å². The van der Waals surface area contributed by atoms with Crippen molar-refractivity contribution in [2.45, 2.75) is 16.7 Å². The first-order chi connectivity index (χ1) is 54.1. The predicted molar refractivity (Wildman–Crippen MR) is 451 cm³/mol. The topological polar surface area (TPSA) is 298 Å². The molecule has 574 valence electrons. The minimum atomic E-state index is -1.62. The zero-order valence-corrected chi connectivity index (χ0v) is 66.8. The number of nitrogens with zero attached hydrogens (tertiary/aromatic N) is 14. The first-order valence-corrected chi connectivity index (χ1v) is 36.6. The number of aliphatic hydroxyl groups is 2. The van der Waals surface area contributed by atoms with E-state index in [4.69, 9.17) is 80.3 Å². The van der Waals surface area contributed by atoms with E-state index in [9.17, 15) is 39.5 Å². The van der Waals surface area contributed by atoms with Gasteiger partial charge in [0.1, 0.15) is 17.4 Å². The summed E-state index contributed by atoms with van der Waals surface area (Å²) in [5.41, 5.74) is 14.1. The fourth-order valence-corrected chi connectivity index (χ4v) is 14.4. The number of pyridine rings is 7. The van der Waals surface area contributed by atoms with Crippen molar-refractivity contribution in [3.05, 3.63) is 384 Å². The predicted octanol–water partition coefficient (Wildman–Crippen LogP) is 15.7. The number of nitro groups is 1. The third-order valence-corrected chi connectivity index (χ3v) is 20.9. The fraction of sp³-hybridized carbons (Fsp3) is 0.107. The van der Waals surface area contributed by atoms with Gasteiger partial charge in [0.25, 0.3) is 22.4 Å². The molecule has 0 aliphatic rings. The third-order valence-electron chi connectivity index (χ3n) is 19.5. The van der Waals surface area contributed by atoms with Crippen molar-refractivity contribution in [2.24, 2.45) is 48.0 Å². The molecular weight excluding hydrogens is 1590 g/mol. The molecule has 114 heavy (non-hydrogen) atoms. The van der Waals surface area contributed by atoms with E-state index in [0.29, 0.717) is 104 Å². The van der Waals surface area contributed by atoms with E-state index in [0.717, 1.165) is 55.9 Å². The Labute approximate surface area is 687 Å². The molecule has 10 heterocycles. The Morgan fingerprint density at radius 3 is 1.04 bits per heavy atom. The van der Waals surface area contributed by atoms with E-state index in [-0.39, 0.29) is 41.6 Å². The summed E-state index contributed by atoms with van der Waals surface area (Å²) in [6.45, 7) is 0. The highest BCUT2D eigenvalue weighted by Crippen LogP contribution is 2.42. The molecule has 0 saturated carbocycles. The monoisotopic (exact) mass is 1660 g/mol. The van der Waals surface area contributed by atoms with Crippen LogP contribution in [0.25, 0.3) is 66.1 Å². The maximum absolute atomic E-state index is 12.7. The van der Waals surface area contributed by atoms with Crippen LogP contribution in [0.15, 0.2) is 271 Å². The number of nitrogens with two attached hydrogens (primary N) is 1.